The summed E-state index contributed by atoms with van der Waals surface area (Å²) in [5, 5.41) is 8.06. The zero-order valence-corrected chi connectivity index (χ0v) is 25.3. The topological polar surface area (TPSA) is 49.2 Å². The molecule has 0 amide bonds. The van der Waals surface area contributed by atoms with Gasteiger partial charge in [0.05, 0.1) is 5.69 Å². The Kier molecular flexibility index (Phi) is 9.14. The maximum absolute atomic E-state index is 12.6. The monoisotopic (exact) mass is 557 g/mol. The molecule has 0 atom stereocenters. The molecule has 0 spiro atoms. The van der Waals surface area contributed by atoms with Crippen LogP contribution in [0.2, 0.25) is 0 Å². The van der Waals surface area contributed by atoms with Crippen molar-refractivity contribution >= 4 is 23.0 Å². The fourth-order valence-corrected chi connectivity index (χ4v) is 5.83. The van der Waals surface area contributed by atoms with Crippen molar-refractivity contribution in [2.24, 2.45) is 5.41 Å². The molecule has 1 saturated heterocycles. The third-order valence-corrected chi connectivity index (χ3v) is 8.47. The number of halogens is 2. The van der Waals surface area contributed by atoms with E-state index >= 15 is 0 Å². The SMILES string of the molecule is CC(=N)C(C)=Cc1c(C)ncc(C)c1N1CCC(C)(C2=C=CCC(C)=C(c3ccc(OC(F)F)cc3)C(C)=C2)CC1. The van der Waals surface area contributed by atoms with Gasteiger partial charge in [-0.05, 0) is 125 Å². The molecule has 1 aromatic heterocycles. The van der Waals surface area contributed by atoms with Gasteiger partial charge in [0.25, 0.3) is 0 Å². The molecule has 216 valence electrons. The Balaban J connectivity index is 1.60. The number of pyridine rings is 1. The molecular weight excluding hydrogens is 516 g/mol. The number of allylic oxidation sites excluding steroid dienone is 6. The first-order valence-electron chi connectivity index (χ1n) is 14.2. The Bertz CT molecular complexity index is 1480. The third kappa shape index (κ3) is 6.77. The Hall–Kier alpha value is -3.76. The van der Waals surface area contributed by atoms with Gasteiger partial charge >= 0.3 is 6.61 Å². The summed E-state index contributed by atoms with van der Waals surface area (Å²) < 4.78 is 29.8. The van der Waals surface area contributed by atoms with E-state index in [1.807, 2.05) is 39.1 Å². The fourth-order valence-electron chi connectivity index (χ4n) is 5.83. The van der Waals surface area contributed by atoms with Gasteiger partial charge in [0.2, 0.25) is 0 Å². The van der Waals surface area contributed by atoms with E-state index in [0.717, 1.165) is 71.5 Å². The van der Waals surface area contributed by atoms with E-state index in [-0.39, 0.29) is 11.2 Å². The summed E-state index contributed by atoms with van der Waals surface area (Å²) in [5.74, 6) is 0.163. The minimum Gasteiger partial charge on any atom is -0.435 e. The number of nitrogens with zero attached hydrogens (tertiary/aromatic N) is 2. The smallest absolute Gasteiger partial charge is 0.387 e. The van der Waals surface area contributed by atoms with Crippen LogP contribution in [0.5, 0.6) is 5.75 Å². The van der Waals surface area contributed by atoms with Crippen LogP contribution in [0.3, 0.4) is 0 Å². The quantitative estimate of drug-likeness (QED) is 0.273. The number of hydrogen-bond acceptors (Lipinski definition) is 4. The molecule has 1 aliphatic heterocycles. The van der Waals surface area contributed by atoms with Gasteiger partial charge in [0.15, 0.2) is 0 Å². The molecule has 4 nitrogen and oxygen atoms in total. The molecule has 0 radical (unpaired) electrons. The lowest BCUT2D eigenvalue weighted by Gasteiger charge is -2.42. The number of aromatic nitrogens is 1. The minimum atomic E-state index is -2.83. The Morgan fingerprint density at radius 3 is 2.37 bits per heavy atom. The normalized spacial score (nSPS) is 17.7. The van der Waals surface area contributed by atoms with Crippen LogP contribution >= 0.6 is 0 Å². The number of alkyl halides is 2. The van der Waals surface area contributed by atoms with Gasteiger partial charge in [-0.2, -0.15) is 8.78 Å². The first kappa shape index (κ1) is 30.2. The van der Waals surface area contributed by atoms with Gasteiger partial charge < -0.3 is 15.0 Å². The molecule has 1 N–H and O–H groups in total. The Morgan fingerprint density at radius 2 is 1.76 bits per heavy atom. The van der Waals surface area contributed by atoms with Crippen molar-refractivity contribution in [1.29, 1.82) is 5.41 Å². The third-order valence-electron chi connectivity index (χ3n) is 8.47. The predicted octanol–water partition coefficient (Wildman–Crippen LogP) is 9.25. The molecule has 1 aliphatic carbocycles. The van der Waals surface area contributed by atoms with E-state index in [0.29, 0.717) is 5.71 Å². The zero-order chi connectivity index (χ0) is 29.9. The van der Waals surface area contributed by atoms with Gasteiger partial charge in [-0.15, -0.1) is 5.73 Å². The van der Waals surface area contributed by atoms with Crippen LogP contribution in [0.1, 0.15) is 76.3 Å². The maximum Gasteiger partial charge on any atom is 0.387 e. The van der Waals surface area contributed by atoms with Crippen molar-refractivity contribution < 1.29 is 13.5 Å². The number of rotatable bonds is 7. The van der Waals surface area contributed by atoms with E-state index < -0.39 is 6.61 Å². The minimum absolute atomic E-state index is 0.0347. The van der Waals surface area contributed by atoms with Gasteiger partial charge in [0, 0.05) is 41.7 Å². The number of aryl methyl sites for hydroxylation is 2. The Morgan fingerprint density at radius 1 is 1.10 bits per heavy atom. The highest BCUT2D eigenvalue weighted by Gasteiger charge is 2.34. The molecule has 6 heteroatoms. The summed E-state index contributed by atoms with van der Waals surface area (Å²) in [6.45, 7) is 13.5. The first-order chi connectivity index (χ1) is 19.4. The second-order valence-electron chi connectivity index (χ2n) is 11.6. The first-order valence-corrected chi connectivity index (χ1v) is 14.2. The van der Waals surface area contributed by atoms with E-state index in [1.54, 1.807) is 12.1 Å². The second kappa shape index (κ2) is 12.4. The predicted molar refractivity (Wildman–Crippen MR) is 166 cm³/mol. The fraction of sp³-hybridized carbons (Fsp3) is 0.400. The van der Waals surface area contributed by atoms with E-state index in [9.17, 15) is 8.78 Å². The molecule has 0 saturated carbocycles. The van der Waals surface area contributed by atoms with Gasteiger partial charge in [-0.25, -0.2) is 0 Å². The Labute approximate surface area is 243 Å². The lowest BCUT2D eigenvalue weighted by atomic mass is 9.72. The van der Waals surface area contributed by atoms with E-state index in [4.69, 9.17) is 5.41 Å². The average molecular weight is 558 g/mol. The molecule has 2 aromatic rings. The number of nitrogens with one attached hydrogen (secondary N) is 1. The molecule has 1 fully saturated rings. The summed E-state index contributed by atoms with van der Waals surface area (Å²) in [6.07, 6.45) is 11.2. The molecule has 0 unspecified atom stereocenters. The van der Waals surface area contributed by atoms with Crippen molar-refractivity contribution in [3.63, 3.8) is 0 Å². The standard InChI is InChI=1S/C35H41F2N3O/c1-22-9-8-10-29(19-24(3)32(22)28-11-13-30(14-12-28)41-34(36)37)35(7)15-17-40(18-16-35)33-25(4)21-39-27(6)31(33)20-23(2)26(5)38/h8,11-14,19-21,34,38H,9,15-18H2,1-7H3. The number of anilines is 1. The highest BCUT2D eigenvalue weighted by atomic mass is 19.3. The molecule has 1 aromatic carbocycles. The molecule has 2 heterocycles. The van der Waals surface area contributed by atoms with Crippen molar-refractivity contribution in [3.05, 3.63) is 93.0 Å². The van der Waals surface area contributed by atoms with Crippen LogP contribution in [0, 0.1) is 24.7 Å². The van der Waals surface area contributed by atoms with Crippen molar-refractivity contribution in [2.45, 2.75) is 74.3 Å². The summed E-state index contributed by atoms with van der Waals surface area (Å²) in [4.78, 5) is 7.10. The van der Waals surface area contributed by atoms with Crippen molar-refractivity contribution in [2.75, 3.05) is 18.0 Å². The number of piperidine rings is 1. The number of hydrogen-bond donors (Lipinski definition) is 1. The second-order valence-corrected chi connectivity index (χ2v) is 11.6. The zero-order valence-electron chi connectivity index (χ0n) is 25.3. The van der Waals surface area contributed by atoms with Crippen LogP contribution in [0.4, 0.5) is 14.5 Å². The number of ether oxygens (including phenoxy) is 1. The number of benzene rings is 1. The lowest BCUT2D eigenvalue weighted by Crippen LogP contribution is -2.40. The van der Waals surface area contributed by atoms with Crippen LogP contribution in [-0.2, 0) is 0 Å². The molecule has 4 rings (SSSR count). The van der Waals surface area contributed by atoms with Crippen molar-refractivity contribution in [1.82, 2.24) is 4.98 Å². The molecule has 41 heavy (non-hydrogen) atoms. The van der Waals surface area contributed by atoms with E-state index in [2.05, 4.69) is 66.3 Å². The highest BCUT2D eigenvalue weighted by molar-refractivity contribution is 6.00. The van der Waals surface area contributed by atoms with Crippen molar-refractivity contribution in [3.8, 4) is 5.75 Å². The van der Waals surface area contributed by atoms with Gasteiger partial charge in [0.1, 0.15) is 5.75 Å². The summed E-state index contributed by atoms with van der Waals surface area (Å²) in [7, 11) is 0. The summed E-state index contributed by atoms with van der Waals surface area (Å²) in [5.41, 5.74) is 15.3. The lowest BCUT2D eigenvalue weighted by molar-refractivity contribution is -0.0498. The van der Waals surface area contributed by atoms with Crippen LogP contribution in [0.15, 0.2) is 70.6 Å². The molecule has 0 bridgehead atoms. The maximum atomic E-state index is 12.6. The summed E-state index contributed by atoms with van der Waals surface area (Å²) >= 11 is 0. The molecular formula is C35H41F2N3O. The highest BCUT2D eigenvalue weighted by Crippen LogP contribution is 2.43. The summed E-state index contributed by atoms with van der Waals surface area (Å²) in [6, 6.07) is 6.92. The van der Waals surface area contributed by atoms with Crippen LogP contribution in [0.25, 0.3) is 11.6 Å². The largest absolute Gasteiger partial charge is 0.435 e. The van der Waals surface area contributed by atoms with Gasteiger partial charge in [-0.3, -0.25) is 4.98 Å². The van der Waals surface area contributed by atoms with Crippen LogP contribution in [-0.4, -0.2) is 30.4 Å². The van der Waals surface area contributed by atoms with E-state index in [1.165, 1.54) is 16.8 Å². The van der Waals surface area contributed by atoms with Gasteiger partial charge in [-0.1, -0.05) is 24.6 Å². The van der Waals surface area contributed by atoms with Crippen LogP contribution < -0.4 is 9.64 Å². The molecule has 2 aliphatic rings. The average Bonchev–Trinajstić information content (AvgIpc) is 2.91.